The summed E-state index contributed by atoms with van der Waals surface area (Å²) in [7, 11) is 0. The first-order valence-electron chi connectivity index (χ1n) is 10.8. The molecule has 0 spiro atoms. The van der Waals surface area contributed by atoms with Crippen LogP contribution in [-0.4, -0.2) is 34.0 Å². The third-order valence-corrected chi connectivity index (χ3v) is 5.80. The Morgan fingerprint density at radius 2 is 1.74 bits per heavy atom. The fourth-order valence-corrected chi connectivity index (χ4v) is 3.59. The van der Waals surface area contributed by atoms with Crippen LogP contribution in [0.25, 0.3) is 11.3 Å². The minimum atomic E-state index is -0.149. The molecule has 0 bridgehead atoms. The molecule has 1 N–H and O–H groups in total. The monoisotopic (exact) mass is 415 g/mol. The minimum Gasteiger partial charge on any atom is -0.350 e. The Kier molecular flexibility index (Phi) is 5.06. The van der Waals surface area contributed by atoms with Crippen LogP contribution in [0.3, 0.4) is 0 Å². The number of hydrogen-bond donors (Lipinski definition) is 1. The van der Waals surface area contributed by atoms with Gasteiger partial charge in [0.2, 0.25) is 5.76 Å². The molecule has 158 valence electrons. The van der Waals surface area contributed by atoms with Gasteiger partial charge >= 0.3 is 0 Å². The van der Waals surface area contributed by atoms with Gasteiger partial charge in [0.25, 0.3) is 11.8 Å². The first-order chi connectivity index (χ1) is 15.1. The summed E-state index contributed by atoms with van der Waals surface area (Å²) in [5.74, 6) is 0.0706. The van der Waals surface area contributed by atoms with E-state index in [9.17, 15) is 9.59 Å². The summed E-state index contributed by atoms with van der Waals surface area (Å²) in [6.45, 7) is 2.51. The number of nitrogens with one attached hydrogen (secondary N) is 1. The summed E-state index contributed by atoms with van der Waals surface area (Å²) in [5.41, 5.74) is 4.38. The summed E-state index contributed by atoms with van der Waals surface area (Å²) in [6.07, 6.45) is 4.12. The maximum atomic E-state index is 13.2. The van der Waals surface area contributed by atoms with Crippen molar-refractivity contribution in [2.75, 3.05) is 0 Å². The SMILES string of the molecule is Cc1ccc(-c2cc(C(=O)N(Cc3ccc(C(=O)NC4CC4)cc3)C3CC3)on2)cc1. The van der Waals surface area contributed by atoms with E-state index < -0.39 is 0 Å². The first-order valence-corrected chi connectivity index (χ1v) is 10.8. The minimum absolute atomic E-state index is 0.0329. The average molecular weight is 415 g/mol. The summed E-state index contributed by atoms with van der Waals surface area (Å²) in [5, 5.41) is 7.09. The molecular formula is C25H25N3O3. The molecule has 2 fully saturated rings. The van der Waals surface area contributed by atoms with Crippen LogP contribution < -0.4 is 5.32 Å². The van der Waals surface area contributed by atoms with Crippen LogP contribution in [0.5, 0.6) is 0 Å². The molecule has 0 atom stereocenters. The second kappa shape index (κ2) is 8.02. The molecule has 0 radical (unpaired) electrons. The Hall–Kier alpha value is -3.41. The van der Waals surface area contributed by atoms with Crippen LogP contribution in [0.15, 0.2) is 59.1 Å². The standard InChI is InChI=1S/C25H25N3O3/c1-16-2-6-18(7-3-16)22-14-23(31-27-22)25(30)28(21-12-13-21)15-17-4-8-19(9-5-17)24(29)26-20-10-11-20/h2-9,14,20-21H,10-13,15H2,1H3,(H,26,29). The number of amides is 2. The highest BCUT2D eigenvalue weighted by molar-refractivity contribution is 5.95. The predicted molar refractivity (Wildman–Crippen MR) is 117 cm³/mol. The van der Waals surface area contributed by atoms with Crippen molar-refractivity contribution in [3.05, 3.63) is 77.0 Å². The van der Waals surface area contributed by atoms with E-state index >= 15 is 0 Å². The maximum absolute atomic E-state index is 13.2. The van der Waals surface area contributed by atoms with E-state index in [1.165, 1.54) is 5.56 Å². The lowest BCUT2D eigenvalue weighted by Crippen LogP contribution is -2.32. The molecule has 2 aliphatic carbocycles. The molecule has 1 heterocycles. The van der Waals surface area contributed by atoms with Crippen molar-refractivity contribution >= 4 is 11.8 Å². The first kappa shape index (κ1) is 19.5. The van der Waals surface area contributed by atoms with Crippen LogP contribution >= 0.6 is 0 Å². The number of carbonyl (C=O) groups excluding carboxylic acids is 2. The number of benzene rings is 2. The number of aryl methyl sites for hydroxylation is 1. The van der Waals surface area contributed by atoms with Crippen molar-refractivity contribution in [1.82, 2.24) is 15.4 Å². The van der Waals surface area contributed by atoms with Crippen molar-refractivity contribution in [1.29, 1.82) is 0 Å². The smallest absolute Gasteiger partial charge is 0.293 e. The van der Waals surface area contributed by atoms with Crippen molar-refractivity contribution in [2.24, 2.45) is 0 Å². The number of nitrogens with zero attached hydrogens (tertiary/aromatic N) is 2. The van der Waals surface area contributed by atoms with Crippen LogP contribution in [0, 0.1) is 6.92 Å². The third-order valence-electron chi connectivity index (χ3n) is 5.80. The molecule has 2 aromatic carbocycles. The normalized spacial score (nSPS) is 15.5. The Morgan fingerprint density at radius 1 is 1.03 bits per heavy atom. The van der Waals surface area contributed by atoms with Gasteiger partial charge in [0.1, 0.15) is 5.69 Å². The number of carbonyl (C=O) groups is 2. The summed E-state index contributed by atoms with van der Waals surface area (Å²) < 4.78 is 5.41. The summed E-state index contributed by atoms with van der Waals surface area (Å²) in [6, 6.07) is 17.7. The van der Waals surface area contributed by atoms with Gasteiger partial charge in [0.05, 0.1) is 0 Å². The molecule has 2 amide bonds. The molecule has 2 aliphatic rings. The Labute approximate surface area is 181 Å². The molecule has 5 rings (SSSR count). The number of rotatable bonds is 7. The molecule has 0 unspecified atom stereocenters. The lowest BCUT2D eigenvalue weighted by atomic mass is 10.1. The van der Waals surface area contributed by atoms with E-state index in [4.69, 9.17) is 4.52 Å². The summed E-state index contributed by atoms with van der Waals surface area (Å²) in [4.78, 5) is 27.2. The van der Waals surface area contributed by atoms with Gasteiger partial charge < -0.3 is 14.7 Å². The van der Waals surface area contributed by atoms with Crippen molar-refractivity contribution in [3.63, 3.8) is 0 Å². The third kappa shape index (κ3) is 4.53. The second-order valence-electron chi connectivity index (χ2n) is 8.55. The van der Waals surface area contributed by atoms with E-state index in [-0.39, 0.29) is 23.6 Å². The van der Waals surface area contributed by atoms with Crippen molar-refractivity contribution in [3.8, 4) is 11.3 Å². The molecule has 6 heteroatoms. The van der Waals surface area contributed by atoms with Crippen LogP contribution in [0.4, 0.5) is 0 Å². The highest BCUT2D eigenvalue weighted by Gasteiger charge is 2.35. The lowest BCUT2D eigenvalue weighted by molar-refractivity contribution is 0.0687. The van der Waals surface area contributed by atoms with Gasteiger partial charge in [0.15, 0.2) is 0 Å². The van der Waals surface area contributed by atoms with E-state index in [1.807, 2.05) is 60.4 Å². The van der Waals surface area contributed by atoms with E-state index in [0.717, 1.165) is 36.8 Å². The van der Waals surface area contributed by atoms with E-state index in [0.29, 0.717) is 23.8 Å². The molecule has 31 heavy (non-hydrogen) atoms. The zero-order valence-electron chi connectivity index (χ0n) is 17.5. The molecule has 1 aromatic heterocycles. The maximum Gasteiger partial charge on any atom is 0.293 e. The average Bonchev–Trinajstić information content (AvgIpc) is 3.72. The van der Waals surface area contributed by atoms with Crippen LogP contribution in [0.2, 0.25) is 0 Å². The fraction of sp³-hybridized carbons (Fsp3) is 0.320. The highest BCUT2D eigenvalue weighted by atomic mass is 16.5. The molecule has 0 aliphatic heterocycles. The lowest BCUT2D eigenvalue weighted by Gasteiger charge is -2.21. The van der Waals surface area contributed by atoms with Crippen molar-refractivity contribution in [2.45, 2.75) is 51.2 Å². The highest BCUT2D eigenvalue weighted by Crippen LogP contribution is 2.31. The number of hydrogen-bond acceptors (Lipinski definition) is 4. The quantitative estimate of drug-likeness (QED) is 0.623. The topological polar surface area (TPSA) is 75.4 Å². The Morgan fingerprint density at radius 3 is 2.39 bits per heavy atom. The predicted octanol–water partition coefficient (Wildman–Crippen LogP) is 4.35. The van der Waals surface area contributed by atoms with Crippen LogP contribution in [0.1, 0.15) is 57.7 Å². The van der Waals surface area contributed by atoms with Gasteiger partial charge in [-0.25, -0.2) is 0 Å². The largest absolute Gasteiger partial charge is 0.350 e. The molecule has 3 aromatic rings. The van der Waals surface area contributed by atoms with Gasteiger partial charge in [-0.15, -0.1) is 0 Å². The van der Waals surface area contributed by atoms with Gasteiger partial charge in [-0.1, -0.05) is 47.1 Å². The van der Waals surface area contributed by atoms with Gasteiger partial charge in [-0.3, -0.25) is 9.59 Å². The van der Waals surface area contributed by atoms with Gasteiger partial charge in [-0.05, 0) is 50.3 Å². The Bertz CT molecular complexity index is 1090. The van der Waals surface area contributed by atoms with Gasteiger partial charge in [0, 0.05) is 35.8 Å². The van der Waals surface area contributed by atoms with Crippen molar-refractivity contribution < 1.29 is 14.1 Å². The number of aromatic nitrogens is 1. The molecule has 0 saturated heterocycles. The zero-order chi connectivity index (χ0) is 21.4. The fourth-order valence-electron chi connectivity index (χ4n) is 3.59. The van der Waals surface area contributed by atoms with Gasteiger partial charge in [-0.2, -0.15) is 0 Å². The second-order valence-corrected chi connectivity index (χ2v) is 8.55. The van der Waals surface area contributed by atoms with Crippen LogP contribution in [-0.2, 0) is 6.54 Å². The Balaban J connectivity index is 1.29. The zero-order valence-corrected chi connectivity index (χ0v) is 17.5. The van der Waals surface area contributed by atoms with E-state index in [2.05, 4.69) is 10.5 Å². The molecular weight excluding hydrogens is 390 g/mol. The molecule has 6 nitrogen and oxygen atoms in total. The van der Waals surface area contributed by atoms with E-state index in [1.54, 1.807) is 6.07 Å². The summed E-state index contributed by atoms with van der Waals surface area (Å²) >= 11 is 0. The molecule has 2 saturated carbocycles.